The smallest absolute Gasteiger partial charge is 0.346 e. The normalized spacial score (nSPS) is 14.9. The van der Waals surface area contributed by atoms with Crippen LogP contribution in [0.5, 0.6) is 23.0 Å². The molecular weight excluding hydrogens is 1680 g/mol. The van der Waals surface area contributed by atoms with Crippen LogP contribution in [0.25, 0.3) is 129 Å². The van der Waals surface area contributed by atoms with Crippen LogP contribution in [0.2, 0.25) is 0 Å². The highest BCUT2D eigenvalue weighted by Crippen LogP contribution is 2.55. The van der Waals surface area contributed by atoms with Crippen molar-refractivity contribution < 1.29 is 76.5 Å². The minimum absolute atomic E-state index is 0.0240. The fourth-order valence-corrected chi connectivity index (χ4v) is 23.2. The van der Waals surface area contributed by atoms with E-state index in [4.69, 9.17) is 18.9 Å². The highest BCUT2D eigenvalue weighted by molar-refractivity contribution is 6.46. The molecule has 0 saturated heterocycles. The number of esters is 4. The number of hydrogen-bond acceptors (Lipinski definition) is 16. The Morgan fingerprint density at radius 2 is 0.470 bits per heavy atom. The molecule has 6 aliphatic heterocycles. The van der Waals surface area contributed by atoms with Gasteiger partial charge < -0.3 is 18.9 Å². The summed E-state index contributed by atoms with van der Waals surface area (Å²) in [5.41, 5.74) is 5.30. The quantitative estimate of drug-likeness (QED) is 0.00948. The van der Waals surface area contributed by atoms with Crippen LogP contribution in [0.4, 0.5) is 0 Å². The summed E-state index contributed by atoms with van der Waals surface area (Å²) < 4.78 is 24.6. The molecule has 17 aromatic rings. The van der Waals surface area contributed by atoms with E-state index >= 15 is 0 Å². The van der Waals surface area contributed by atoms with Gasteiger partial charge >= 0.3 is 23.9 Å². The van der Waals surface area contributed by atoms with E-state index in [1.165, 1.54) is 21.9 Å². The largest absolute Gasteiger partial charge is 0.457 e. The lowest BCUT2D eigenvalue weighted by Crippen LogP contribution is -2.47. The number of unbranched alkanes of at least 4 members (excludes halogenated alkanes) is 12. The fourth-order valence-electron chi connectivity index (χ4n) is 23.2. The van der Waals surface area contributed by atoms with Crippen molar-refractivity contribution in [3.63, 3.8) is 0 Å². The zero-order chi connectivity index (χ0) is 91.7. The van der Waals surface area contributed by atoms with Gasteiger partial charge in [-0.05, 0) is 222 Å². The number of carbonyl (C=O) groups excluding carboxylic acids is 12. The summed E-state index contributed by atoms with van der Waals surface area (Å²) in [7, 11) is 0. The van der Waals surface area contributed by atoms with Gasteiger partial charge in [0.25, 0.3) is 47.3 Å². The highest BCUT2D eigenvalue weighted by atomic mass is 16.6. The molecule has 0 fully saturated rings. The van der Waals surface area contributed by atoms with Crippen molar-refractivity contribution in [2.45, 2.75) is 181 Å². The van der Waals surface area contributed by atoms with Crippen molar-refractivity contribution in [3.05, 3.63) is 260 Å². The third-order valence-electron chi connectivity index (χ3n) is 29.6. The number of ether oxygens (including phenoxy) is 4. The van der Waals surface area contributed by atoms with Crippen molar-refractivity contribution in [3.8, 4) is 23.0 Å². The predicted octanol–water partition coefficient (Wildman–Crippen LogP) is 25.5. The summed E-state index contributed by atoms with van der Waals surface area (Å²) in [6, 6.07) is 53.3. The molecule has 0 unspecified atom stereocenters. The standard InChI is InChI=1S/C114H92N4O16/c1-5-9-13-17-21-61(22-18-14-10-6-2)117-107(123)79-47-37-69-65-33-43-75-93-76(44-34-66(89(65)93)70-38-48-80(108(117)124)95(79)91(69)70)104(120)115(103(75)119)55-53-59-25-29-63(30-26-59)131-87-57-85-97-83(111(127)133-113(85)129)52-42-74-100-88(58-86-98-84(112(128)134-114(86)130)51-41-73(102(98)100)99(87)101(74)97)132-64-31-27-60(28-32-64)54-56-116-105(121)77-45-35-67-71-39-49-81-96-82(50-40-72(92(71)96)68-36-46-78(106(116)122)94(77)90(67)68)110(126)118(109(81)125)62(23-19-15-11-7-3)24-20-16-12-8-4/h25-52,57-58,61-62H,5-24,53-56H2,1-4H3. The number of hydrogen-bond donors (Lipinski definition) is 0. The lowest BCUT2D eigenvalue weighted by molar-refractivity contribution is 0.0373. The van der Waals surface area contributed by atoms with E-state index in [1.54, 1.807) is 82.6 Å². The first-order valence-electron chi connectivity index (χ1n) is 47.6. The molecular formula is C114H92N4O16. The van der Waals surface area contributed by atoms with Gasteiger partial charge in [-0.15, -0.1) is 0 Å². The van der Waals surface area contributed by atoms with Crippen molar-refractivity contribution in [2.24, 2.45) is 0 Å². The topological polar surface area (TPSA) is 255 Å². The van der Waals surface area contributed by atoms with Gasteiger partial charge in [0, 0.05) is 124 Å². The molecule has 6 heterocycles. The maximum Gasteiger partial charge on any atom is 0.346 e. The van der Waals surface area contributed by atoms with Crippen LogP contribution in [0, 0.1) is 0 Å². The van der Waals surface area contributed by atoms with Gasteiger partial charge in [0.1, 0.15) is 23.0 Å². The summed E-state index contributed by atoms with van der Waals surface area (Å²) in [5, 5.41) is 15.2. The summed E-state index contributed by atoms with van der Waals surface area (Å²) in [4.78, 5) is 181. The van der Waals surface area contributed by atoms with E-state index in [0.717, 1.165) is 204 Å². The van der Waals surface area contributed by atoms with Crippen LogP contribution >= 0.6 is 0 Å². The molecule has 0 bridgehead atoms. The second-order valence-electron chi connectivity index (χ2n) is 37.2. The van der Waals surface area contributed by atoms with Gasteiger partial charge in [-0.2, -0.15) is 0 Å². The van der Waals surface area contributed by atoms with E-state index in [9.17, 15) is 57.5 Å². The SMILES string of the molecule is CCCCCCC(CCCCCC)N1C(=O)c2ccc3c4ccc5c6c(ccc(c7ccc(c2c37)C1=O)c64)C(=O)N(CCc1ccc(Oc2cc3c4c(ccc6c7c(Oc8ccc(CCN9C(=O)c%10ccc%11c%12ccc%13c%14c(ccc(c%15ccc(c%10c%11%15)C9=O)c%14%12)C(=O)N(C(CCCCCC)CCCCCC)C%13=O)cc8)cc8c9c(ccc(c2c46)c97)C(=O)OC8=O)C(=O)OC3=O)cc1)C5=O. The number of imide groups is 4. The number of rotatable bonds is 32. The molecule has 0 atom stereocenters. The Labute approximate surface area is 769 Å². The van der Waals surface area contributed by atoms with Crippen LogP contribution in [-0.4, -0.2) is 116 Å². The average molecular weight is 1770 g/mol. The number of nitrogens with zero attached hydrogens (tertiary/aromatic N) is 4. The molecule has 0 spiro atoms. The first kappa shape index (κ1) is 83.4. The maximum atomic E-state index is 14.9. The van der Waals surface area contributed by atoms with Crippen molar-refractivity contribution in [1.82, 2.24) is 19.6 Å². The summed E-state index contributed by atoms with van der Waals surface area (Å²) in [5.74, 6) is -5.48. The zero-order valence-corrected chi connectivity index (χ0v) is 74.8. The number of benzene rings is 17. The summed E-state index contributed by atoms with van der Waals surface area (Å²) in [6.45, 7) is 8.74. The van der Waals surface area contributed by atoms with Gasteiger partial charge in [-0.1, -0.05) is 215 Å². The number of cyclic esters (lactones) is 4. The van der Waals surface area contributed by atoms with E-state index in [0.29, 0.717) is 110 Å². The Morgan fingerprint density at radius 1 is 0.231 bits per heavy atom. The molecule has 20 heteroatoms. The Balaban J connectivity index is 0.515. The fraction of sp³-hybridized carbons (Fsp3) is 0.263. The lowest BCUT2D eigenvalue weighted by Gasteiger charge is -2.35. The minimum atomic E-state index is -0.916. The lowest BCUT2D eigenvalue weighted by atomic mass is 9.82. The first-order chi connectivity index (χ1) is 65.4. The second kappa shape index (κ2) is 32.5. The van der Waals surface area contributed by atoms with Gasteiger partial charge in [0.15, 0.2) is 0 Å². The van der Waals surface area contributed by atoms with Crippen LogP contribution < -0.4 is 9.47 Å². The van der Waals surface area contributed by atoms with E-state index < -0.39 is 47.5 Å². The minimum Gasteiger partial charge on any atom is -0.457 e. The van der Waals surface area contributed by atoms with Crippen LogP contribution in [0.1, 0.15) is 292 Å². The molecule has 8 amide bonds. The molecule has 0 saturated carbocycles. The highest BCUT2D eigenvalue weighted by Gasteiger charge is 2.44. The Hall–Kier alpha value is -14.9. The Bertz CT molecular complexity index is 7390. The van der Waals surface area contributed by atoms with Crippen LogP contribution in [0.3, 0.4) is 0 Å². The summed E-state index contributed by atoms with van der Waals surface area (Å²) in [6.07, 6.45) is 20.2. The third kappa shape index (κ3) is 12.7. The molecule has 0 aromatic heterocycles. The summed E-state index contributed by atoms with van der Waals surface area (Å²) >= 11 is 0. The van der Waals surface area contributed by atoms with E-state index in [2.05, 4.69) is 27.7 Å². The second-order valence-corrected chi connectivity index (χ2v) is 37.2. The molecule has 6 aliphatic rings. The number of carbonyl (C=O) groups is 12. The van der Waals surface area contributed by atoms with E-state index in [-0.39, 0.29) is 106 Å². The number of fused-ring (bicyclic) bond motifs is 6. The molecule has 23 rings (SSSR count). The molecule has 664 valence electrons. The van der Waals surface area contributed by atoms with Gasteiger partial charge in [-0.25, -0.2) is 19.2 Å². The van der Waals surface area contributed by atoms with Crippen molar-refractivity contribution in [1.29, 1.82) is 0 Å². The Morgan fingerprint density at radius 3 is 0.739 bits per heavy atom. The maximum absolute atomic E-state index is 14.9. The molecule has 0 aliphatic carbocycles. The van der Waals surface area contributed by atoms with Crippen molar-refractivity contribution in [2.75, 3.05) is 13.1 Å². The van der Waals surface area contributed by atoms with Crippen molar-refractivity contribution >= 4 is 200 Å². The van der Waals surface area contributed by atoms with Crippen LogP contribution in [-0.2, 0) is 22.3 Å². The number of amides is 8. The molecule has 0 N–H and O–H groups in total. The van der Waals surface area contributed by atoms with Crippen LogP contribution in [0.15, 0.2) is 182 Å². The van der Waals surface area contributed by atoms with E-state index in [1.807, 2.05) is 97.1 Å². The van der Waals surface area contributed by atoms with Gasteiger partial charge in [0.2, 0.25) is 0 Å². The monoisotopic (exact) mass is 1770 g/mol. The zero-order valence-electron chi connectivity index (χ0n) is 74.8. The molecule has 20 nitrogen and oxygen atoms in total. The average Bonchev–Trinajstić information content (AvgIpc) is 0.695. The van der Waals surface area contributed by atoms with Gasteiger partial charge in [-0.3, -0.25) is 58.0 Å². The first-order valence-corrected chi connectivity index (χ1v) is 47.6. The predicted molar refractivity (Wildman–Crippen MR) is 517 cm³/mol. The Kier molecular flexibility index (Phi) is 20.2. The molecule has 17 aromatic carbocycles. The molecule has 0 radical (unpaired) electrons. The van der Waals surface area contributed by atoms with Gasteiger partial charge in [0.05, 0.1) is 22.3 Å². The molecule has 134 heavy (non-hydrogen) atoms. The third-order valence-corrected chi connectivity index (χ3v) is 29.6.